The van der Waals surface area contributed by atoms with Gasteiger partial charge in [-0.15, -0.1) is 0 Å². The highest BCUT2D eigenvalue weighted by Gasteiger charge is 2.20. The van der Waals surface area contributed by atoms with Crippen LogP contribution in [0.5, 0.6) is 0 Å². The van der Waals surface area contributed by atoms with Crippen LogP contribution in [0.1, 0.15) is 55.5 Å². The summed E-state index contributed by atoms with van der Waals surface area (Å²) in [5.74, 6) is -1.35. The molecule has 0 saturated heterocycles. The Kier molecular flexibility index (Phi) is 14.0. The number of carbonyl (C=O) groups excluding carboxylic acids is 2. The molecule has 0 heterocycles. The number of amides is 1. The summed E-state index contributed by atoms with van der Waals surface area (Å²) >= 11 is 0. The Labute approximate surface area is 247 Å². The van der Waals surface area contributed by atoms with Gasteiger partial charge in [0.1, 0.15) is 12.4 Å². The number of hydrogen-bond acceptors (Lipinski definition) is 8. The van der Waals surface area contributed by atoms with Crippen molar-refractivity contribution in [2.24, 2.45) is 5.73 Å². The van der Waals surface area contributed by atoms with Crippen molar-refractivity contribution in [1.29, 1.82) is 0 Å². The zero-order chi connectivity index (χ0) is 30.2. The normalized spacial score (nSPS) is 11.1. The number of unbranched alkanes of at least 4 members (excludes halogenated alkanes) is 1. The van der Waals surface area contributed by atoms with Crippen molar-refractivity contribution in [3.8, 4) is 0 Å². The van der Waals surface area contributed by atoms with E-state index in [0.29, 0.717) is 13.1 Å². The molecule has 42 heavy (non-hydrogen) atoms. The van der Waals surface area contributed by atoms with Gasteiger partial charge in [-0.25, -0.2) is 14.0 Å². The van der Waals surface area contributed by atoms with Crippen molar-refractivity contribution in [3.05, 3.63) is 71.5 Å². The molecule has 3 rings (SSSR count). The molecule has 3 aromatic carbocycles. The lowest BCUT2D eigenvalue weighted by Gasteiger charge is -2.16. The standard InChI is InChI=1S/C32H44FN5O4/c1-23(2)42-31(39)27-20-28(33)30(37-18-8-17-36-15-6-5-14-35-16-7-13-34)21-29(27)38-32(40)41-22-24-11-12-25-9-3-4-10-26(25)19-24/h3-4,9-12,19-21,23,35-37H,5-8,13-18,22,34H2,1-2H3,(H,38,40). The van der Waals surface area contributed by atoms with Crippen LogP contribution in [0, 0.1) is 5.82 Å². The Balaban J connectivity index is 1.52. The zero-order valence-electron chi connectivity index (χ0n) is 24.6. The topological polar surface area (TPSA) is 127 Å². The van der Waals surface area contributed by atoms with E-state index in [2.05, 4.69) is 21.3 Å². The minimum atomic E-state index is -0.766. The summed E-state index contributed by atoms with van der Waals surface area (Å²) in [7, 11) is 0. The van der Waals surface area contributed by atoms with Gasteiger partial charge in [-0.2, -0.15) is 0 Å². The maximum atomic E-state index is 14.9. The molecule has 9 nitrogen and oxygen atoms in total. The molecule has 1 amide bonds. The number of nitrogens with two attached hydrogens (primary N) is 1. The van der Waals surface area contributed by atoms with Crippen molar-refractivity contribution in [2.45, 2.75) is 52.2 Å². The van der Waals surface area contributed by atoms with Crippen LogP contribution in [0.2, 0.25) is 0 Å². The van der Waals surface area contributed by atoms with E-state index in [4.69, 9.17) is 15.2 Å². The molecule has 0 spiro atoms. The first-order chi connectivity index (χ1) is 20.4. The molecule has 0 aliphatic heterocycles. The maximum Gasteiger partial charge on any atom is 0.411 e. The van der Waals surface area contributed by atoms with Crippen LogP contribution in [0.4, 0.5) is 20.6 Å². The summed E-state index contributed by atoms with van der Waals surface area (Å²) in [6.45, 7) is 8.27. The molecular weight excluding hydrogens is 537 g/mol. The number of benzene rings is 3. The first-order valence-electron chi connectivity index (χ1n) is 14.7. The predicted molar refractivity (Wildman–Crippen MR) is 166 cm³/mol. The third kappa shape index (κ3) is 11.3. The van der Waals surface area contributed by atoms with E-state index in [1.54, 1.807) is 13.8 Å². The second kappa shape index (κ2) is 17.9. The summed E-state index contributed by atoms with van der Waals surface area (Å²) in [5, 5.41) is 14.5. The average molecular weight is 582 g/mol. The van der Waals surface area contributed by atoms with Crippen molar-refractivity contribution in [2.75, 3.05) is 49.9 Å². The molecule has 10 heteroatoms. The maximum absolute atomic E-state index is 14.9. The van der Waals surface area contributed by atoms with Crippen LogP contribution in [0.25, 0.3) is 10.8 Å². The fourth-order valence-corrected chi connectivity index (χ4v) is 4.30. The number of halogens is 1. The number of carbonyl (C=O) groups is 2. The van der Waals surface area contributed by atoms with E-state index in [0.717, 1.165) is 74.3 Å². The Hall–Kier alpha value is -3.73. The quantitative estimate of drug-likeness (QED) is 0.0998. The van der Waals surface area contributed by atoms with Crippen LogP contribution in [0.15, 0.2) is 54.6 Å². The molecule has 0 fully saturated rings. The molecule has 0 radical (unpaired) electrons. The predicted octanol–water partition coefficient (Wildman–Crippen LogP) is 5.40. The highest BCUT2D eigenvalue weighted by molar-refractivity contribution is 6.00. The molecule has 0 atom stereocenters. The number of ether oxygens (including phenoxy) is 2. The van der Waals surface area contributed by atoms with Crippen molar-refractivity contribution < 1.29 is 23.5 Å². The lowest BCUT2D eigenvalue weighted by molar-refractivity contribution is 0.0378. The zero-order valence-corrected chi connectivity index (χ0v) is 24.6. The van der Waals surface area contributed by atoms with E-state index in [9.17, 15) is 14.0 Å². The van der Waals surface area contributed by atoms with Crippen LogP contribution in [0.3, 0.4) is 0 Å². The highest BCUT2D eigenvalue weighted by atomic mass is 19.1. The molecule has 0 bridgehead atoms. The van der Waals surface area contributed by atoms with Gasteiger partial charge in [0.05, 0.1) is 23.0 Å². The Morgan fingerprint density at radius 3 is 2.24 bits per heavy atom. The van der Waals surface area contributed by atoms with Gasteiger partial charge in [0, 0.05) is 6.54 Å². The van der Waals surface area contributed by atoms with Gasteiger partial charge in [0.2, 0.25) is 0 Å². The minimum Gasteiger partial charge on any atom is -0.459 e. The van der Waals surface area contributed by atoms with Crippen LogP contribution in [-0.4, -0.2) is 57.4 Å². The molecule has 0 aromatic heterocycles. The van der Waals surface area contributed by atoms with Crippen LogP contribution in [-0.2, 0) is 16.1 Å². The van der Waals surface area contributed by atoms with Gasteiger partial charge in [-0.3, -0.25) is 5.32 Å². The fourth-order valence-electron chi connectivity index (χ4n) is 4.30. The van der Waals surface area contributed by atoms with Gasteiger partial charge in [-0.05, 0) is 107 Å². The number of esters is 1. The number of rotatable bonds is 18. The highest BCUT2D eigenvalue weighted by Crippen LogP contribution is 2.26. The average Bonchev–Trinajstić information content (AvgIpc) is 2.97. The summed E-state index contributed by atoms with van der Waals surface area (Å²) in [4.78, 5) is 25.4. The second-order valence-corrected chi connectivity index (χ2v) is 10.3. The van der Waals surface area contributed by atoms with Gasteiger partial charge < -0.3 is 31.2 Å². The summed E-state index contributed by atoms with van der Waals surface area (Å²) in [6.07, 6.45) is 2.74. The molecule has 0 saturated carbocycles. The van der Waals surface area contributed by atoms with Crippen molar-refractivity contribution >= 4 is 34.2 Å². The number of anilines is 2. The largest absolute Gasteiger partial charge is 0.459 e. The SMILES string of the molecule is CC(C)OC(=O)c1cc(F)c(NCCCNCCCCNCCCN)cc1NC(=O)OCc1ccc2ccccc2c1. The monoisotopic (exact) mass is 581 g/mol. The number of nitrogens with one attached hydrogen (secondary N) is 4. The van der Waals surface area contributed by atoms with Crippen molar-refractivity contribution in [3.63, 3.8) is 0 Å². The molecule has 3 aromatic rings. The smallest absolute Gasteiger partial charge is 0.411 e. The number of fused-ring (bicyclic) bond motifs is 1. The van der Waals surface area contributed by atoms with E-state index in [-0.39, 0.29) is 23.5 Å². The molecule has 228 valence electrons. The summed E-state index contributed by atoms with van der Waals surface area (Å²) < 4.78 is 25.6. The van der Waals surface area contributed by atoms with Gasteiger partial charge >= 0.3 is 12.1 Å². The Morgan fingerprint density at radius 1 is 0.833 bits per heavy atom. The Morgan fingerprint density at radius 2 is 1.52 bits per heavy atom. The van der Waals surface area contributed by atoms with Gasteiger partial charge in [0.15, 0.2) is 0 Å². The molecule has 0 aliphatic carbocycles. The van der Waals surface area contributed by atoms with Gasteiger partial charge in [-0.1, -0.05) is 36.4 Å². The molecule has 0 aliphatic rings. The third-order valence-corrected chi connectivity index (χ3v) is 6.45. The third-order valence-electron chi connectivity index (χ3n) is 6.45. The first-order valence-corrected chi connectivity index (χ1v) is 14.7. The van der Waals surface area contributed by atoms with Crippen LogP contribution >= 0.6 is 0 Å². The lowest BCUT2D eigenvalue weighted by atomic mass is 10.1. The summed E-state index contributed by atoms with van der Waals surface area (Å²) in [5.41, 5.74) is 6.48. The van der Waals surface area contributed by atoms with Gasteiger partial charge in [0.25, 0.3) is 0 Å². The summed E-state index contributed by atoms with van der Waals surface area (Å²) in [6, 6.07) is 16.2. The minimum absolute atomic E-state index is 0.0343. The van der Waals surface area contributed by atoms with E-state index < -0.39 is 24.0 Å². The Bertz CT molecular complexity index is 1290. The first kappa shape index (κ1) is 32.8. The van der Waals surface area contributed by atoms with E-state index >= 15 is 0 Å². The van der Waals surface area contributed by atoms with E-state index in [1.165, 1.54) is 6.07 Å². The molecule has 6 N–H and O–H groups in total. The van der Waals surface area contributed by atoms with Crippen LogP contribution < -0.4 is 27.0 Å². The molecular formula is C32H44FN5O4. The fraction of sp³-hybridized carbons (Fsp3) is 0.438. The van der Waals surface area contributed by atoms with E-state index in [1.807, 2.05) is 42.5 Å². The van der Waals surface area contributed by atoms with Crippen molar-refractivity contribution in [1.82, 2.24) is 10.6 Å². The second-order valence-electron chi connectivity index (χ2n) is 10.3. The number of hydrogen-bond donors (Lipinski definition) is 5. The lowest BCUT2D eigenvalue weighted by Crippen LogP contribution is -2.22. The molecule has 0 unspecified atom stereocenters.